The number of aromatic nitrogens is 3. The van der Waals surface area contributed by atoms with Gasteiger partial charge in [0.05, 0.1) is 41.6 Å². The molecule has 1 aliphatic heterocycles. The molecule has 1 saturated heterocycles. The summed E-state index contributed by atoms with van der Waals surface area (Å²) in [6, 6.07) is 4.01. The van der Waals surface area contributed by atoms with Crippen LogP contribution in [0.2, 0.25) is 0 Å². The lowest BCUT2D eigenvalue weighted by Gasteiger charge is -2.27. The third-order valence-electron chi connectivity index (χ3n) is 6.72. The molecule has 4 rings (SSSR count). The maximum atomic E-state index is 13.4. The Morgan fingerprint density at radius 3 is 2.07 bits per heavy atom. The van der Waals surface area contributed by atoms with Crippen LogP contribution >= 0.6 is 0 Å². The second-order valence-corrected chi connectivity index (χ2v) is 9.74. The summed E-state index contributed by atoms with van der Waals surface area (Å²) in [5.74, 6) is -1.66. The van der Waals surface area contributed by atoms with Crippen LogP contribution in [0.4, 0.5) is 32.2 Å². The number of hydrogen-bond donors (Lipinski definition) is 1. The number of morpholine rings is 1. The van der Waals surface area contributed by atoms with Crippen molar-refractivity contribution < 1.29 is 45.5 Å². The summed E-state index contributed by atoms with van der Waals surface area (Å²) in [6.07, 6.45) is -8.95. The van der Waals surface area contributed by atoms with Crippen LogP contribution in [0.25, 0.3) is 5.82 Å². The third-order valence-corrected chi connectivity index (χ3v) is 6.72. The number of carbonyl (C=O) groups is 3. The SMILES string of the molecule is CC(=O)Nc1cc(C(C)N(C)C(=O)c2cc(C(F)(F)F)cc(C(F)(F)F)c2)n(-c2ccc(C(=O)N3CCOCC3)cn2)n1. The fourth-order valence-corrected chi connectivity index (χ4v) is 4.36. The molecule has 10 nitrogen and oxygen atoms in total. The highest BCUT2D eigenvalue weighted by Gasteiger charge is 2.38. The normalized spacial score (nSPS) is 14.8. The number of halogens is 6. The zero-order valence-corrected chi connectivity index (χ0v) is 23.1. The molecule has 0 bridgehead atoms. The van der Waals surface area contributed by atoms with Gasteiger partial charge in [-0.1, -0.05) is 0 Å². The molecule has 1 N–H and O–H groups in total. The zero-order chi connectivity index (χ0) is 31.7. The highest BCUT2D eigenvalue weighted by atomic mass is 19.4. The molecular formula is C27H26F6N6O4. The summed E-state index contributed by atoms with van der Waals surface area (Å²) < 4.78 is 86.8. The van der Waals surface area contributed by atoms with E-state index in [4.69, 9.17) is 4.74 Å². The van der Waals surface area contributed by atoms with Crippen LogP contribution in [0.1, 0.15) is 57.4 Å². The first-order chi connectivity index (χ1) is 20.1. The molecule has 0 saturated carbocycles. The third kappa shape index (κ3) is 7.13. The molecule has 1 atom stereocenters. The van der Waals surface area contributed by atoms with Crippen molar-refractivity contribution in [1.82, 2.24) is 24.6 Å². The summed E-state index contributed by atoms with van der Waals surface area (Å²) in [5.41, 5.74) is -3.58. The van der Waals surface area contributed by atoms with Gasteiger partial charge in [0.2, 0.25) is 5.91 Å². The van der Waals surface area contributed by atoms with Gasteiger partial charge in [-0.3, -0.25) is 14.4 Å². The van der Waals surface area contributed by atoms with E-state index in [0.717, 1.165) is 4.90 Å². The average Bonchev–Trinajstić information content (AvgIpc) is 3.38. The van der Waals surface area contributed by atoms with Gasteiger partial charge in [0.25, 0.3) is 11.8 Å². The number of benzene rings is 1. The first-order valence-corrected chi connectivity index (χ1v) is 12.8. The van der Waals surface area contributed by atoms with E-state index in [1.54, 1.807) is 4.90 Å². The Balaban J connectivity index is 1.68. The number of anilines is 1. The van der Waals surface area contributed by atoms with E-state index in [2.05, 4.69) is 15.4 Å². The Bertz CT molecular complexity index is 1480. The van der Waals surface area contributed by atoms with E-state index in [0.29, 0.717) is 38.4 Å². The number of ether oxygens (including phenoxy) is 1. The summed E-state index contributed by atoms with van der Waals surface area (Å²) in [4.78, 5) is 44.6. The van der Waals surface area contributed by atoms with Crippen LogP contribution in [0, 0.1) is 0 Å². The quantitative estimate of drug-likeness (QED) is 0.409. The van der Waals surface area contributed by atoms with Gasteiger partial charge in [-0.15, -0.1) is 5.10 Å². The van der Waals surface area contributed by atoms with E-state index >= 15 is 0 Å². The molecule has 1 aromatic carbocycles. The van der Waals surface area contributed by atoms with Crippen LogP contribution in [0.3, 0.4) is 0 Å². The molecule has 1 unspecified atom stereocenters. The number of pyridine rings is 1. The molecular weight excluding hydrogens is 586 g/mol. The van der Waals surface area contributed by atoms with Gasteiger partial charge in [0.15, 0.2) is 11.6 Å². The fourth-order valence-electron chi connectivity index (χ4n) is 4.36. The summed E-state index contributed by atoms with van der Waals surface area (Å²) in [6.45, 7) is 4.34. The lowest BCUT2D eigenvalue weighted by Crippen LogP contribution is -2.40. The predicted molar refractivity (Wildman–Crippen MR) is 139 cm³/mol. The Labute approximate surface area is 241 Å². The average molecular weight is 613 g/mol. The molecule has 1 fully saturated rings. The molecule has 1 aliphatic rings. The summed E-state index contributed by atoms with van der Waals surface area (Å²) in [5, 5.41) is 6.77. The molecule has 230 valence electrons. The van der Waals surface area contributed by atoms with Crippen molar-refractivity contribution >= 4 is 23.5 Å². The van der Waals surface area contributed by atoms with Gasteiger partial charge in [-0.2, -0.15) is 26.3 Å². The predicted octanol–water partition coefficient (Wildman–Crippen LogP) is 4.57. The Kier molecular flexibility index (Phi) is 8.80. The Morgan fingerprint density at radius 1 is 0.953 bits per heavy atom. The lowest BCUT2D eigenvalue weighted by atomic mass is 10.0. The van der Waals surface area contributed by atoms with Crippen molar-refractivity contribution in [2.45, 2.75) is 32.2 Å². The minimum Gasteiger partial charge on any atom is -0.378 e. The minimum absolute atomic E-state index is 0.0453. The Hall–Kier alpha value is -4.47. The van der Waals surface area contributed by atoms with Gasteiger partial charge in [0.1, 0.15) is 0 Å². The molecule has 0 aliphatic carbocycles. The van der Waals surface area contributed by atoms with Gasteiger partial charge in [-0.25, -0.2) is 9.67 Å². The van der Waals surface area contributed by atoms with Crippen LogP contribution in [-0.4, -0.2) is 75.6 Å². The van der Waals surface area contributed by atoms with Crippen molar-refractivity contribution in [3.05, 3.63) is 70.5 Å². The van der Waals surface area contributed by atoms with E-state index in [1.165, 1.54) is 50.0 Å². The van der Waals surface area contributed by atoms with E-state index < -0.39 is 46.9 Å². The highest BCUT2D eigenvalue weighted by Crippen LogP contribution is 2.37. The van der Waals surface area contributed by atoms with Crippen molar-refractivity contribution in [1.29, 1.82) is 0 Å². The number of amides is 3. The molecule has 2 aromatic heterocycles. The second kappa shape index (κ2) is 12.0. The minimum atomic E-state index is -5.13. The van der Waals surface area contributed by atoms with Crippen LogP contribution in [0.15, 0.2) is 42.6 Å². The van der Waals surface area contributed by atoms with Crippen LogP contribution in [0.5, 0.6) is 0 Å². The van der Waals surface area contributed by atoms with Gasteiger partial charge < -0.3 is 19.9 Å². The van der Waals surface area contributed by atoms with E-state index in [1.807, 2.05) is 0 Å². The smallest absolute Gasteiger partial charge is 0.378 e. The topological polar surface area (TPSA) is 110 Å². The van der Waals surface area contributed by atoms with Crippen LogP contribution in [-0.2, 0) is 21.9 Å². The summed E-state index contributed by atoms with van der Waals surface area (Å²) in [7, 11) is 1.20. The van der Waals surface area contributed by atoms with E-state index in [9.17, 15) is 40.7 Å². The number of nitrogens with one attached hydrogen (secondary N) is 1. The molecule has 3 amide bonds. The standard InChI is InChI=1S/C27H26F6N6O4/c1-15(37(3)24(41)18-10-19(26(28,29)30)12-20(11-18)27(31,32)33)21-13-22(35-16(2)40)36-39(21)23-5-4-17(14-34-23)25(42)38-6-8-43-9-7-38/h4-5,10-15H,6-9H2,1-3H3,(H,35,36,40). The van der Waals surface area contributed by atoms with Crippen molar-refractivity contribution in [2.24, 2.45) is 0 Å². The molecule has 16 heteroatoms. The van der Waals surface area contributed by atoms with Crippen molar-refractivity contribution in [3.63, 3.8) is 0 Å². The molecule has 0 spiro atoms. The maximum Gasteiger partial charge on any atom is 0.416 e. The first kappa shape index (κ1) is 31.5. The first-order valence-electron chi connectivity index (χ1n) is 12.8. The zero-order valence-electron chi connectivity index (χ0n) is 23.1. The number of nitrogens with zero attached hydrogens (tertiary/aromatic N) is 5. The van der Waals surface area contributed by atoms with Crippen molar-refractivity contribution in [3.8, 4) is 5.82 Å². The number of hydrogen-bond acceptors (Lipinski definition) is 6. The fraction of sp³-hybridized carbons (Fsp3) is 0.370. The monoisotopic (exact) mass is 612 g/mol. The second-order valence-electron chi connectivity index (χ2n) is 9.74. The molecule has 43 heavy (non-hydrogen) atoms. The van der Waals surface area contributed by atoms with Crippen molar-refractivity contribution in [2.75, 3.05) is 38.7 Å². The Morgan fingerprint density at radius 2 is 1.56 bits per heavy atom. The van der Waals surface area contributed by atoms with E-state index in [-0.39, 0.29) is 34.9 Å². The maximum absolute atomic E-state index is 13.4. The largest absolute Gasteiger partial charge is 0.416 e. The summed E-state index contributed by atoms with van der Waals surface area (Å²) >= 11 is 0. The molecule has 3 heterocycles. The van der Waals surface area contributed by atoms with Crippen LogP contribution < -0.4 is 5.32 Å². The van der Waals surface area contributed by atoms with Gasteiger partial charge in [0, 0.05) is 44.9 Å². The number of rotatable bonds is 6. The molecule has 3 aromatic rings. The molecule has 0 radical (unpaired) electrons. The van der Waals surface area contributed by atoms with Gasteiger partial charge in [-0.05, 0) is 37.3 Å². The highest BCUT2D eigenvalue weighted by molar-refractivity contribution is 5.95. The number of carbonyl (C=O) groups excluding carboxylic acids is 3. The van der Waals surface area contributed by atoms with Gasteiger partial charge >= 0.3 is 12.4 Å². The lowest BCUT2D eigenvalue weighted by molar-refractivity contribution is -0.143. The number of alkyl halides is 6.